The van der Waals surface area contributed by atoms with Crippen molar-refractivity contribution >= 4 is 10.9 Å². The van der Waals surface area contributed by atoms with Crippen molar-refractivity contribution in [3.8, 4) is 0 Å². The highest BCUT2D eigenvalue weighted by atomic mass is 19.4. The molecule has 0 aliphatic rings. The molecule has 0 spiro atoms. The van der Waals surface area contributed by atoms with Crippen molar-refractivity contribution in [2.45, 2.75) is 32.9 Å². The number of halogens is 3. The predicted molar refractivity (Wildman–Crippen MR) is 64.3 cm³/mol. The maximum Gasteiger partial charge on any atom is 0.416 e. The molecule has 2 nitrogen and oxygen atoms in total. The van der Waals surface area contributed by atoms with Gasteiger partial charge in [-0.3, -0.25) is 5.10 Å². The van der Waals surface area contributed by atoms with Gasteiger partial charge in [0.1, 0.15) is 0 Å². The van der Waals surface area contributed by atoms with Gasteiger partial charge >= 0.3 is 6.18 Å². The molecular weight excluding hydrogens is 241 g/mol. The lowest BCUT2D eigenvalue weighted by molar-refractivity contribution is -0.137. The minimum Gasteiger partial charge on any atom is -0.281 e. The molecule has 0 fully saturated rings. The minimum atomic E-state index is -4.32. The highest BCUT2D eigenvalue weighted by molar-refractivity contribution is 5.82. The summed E-state index contributed by atoms with van der Waals surface area (Å²) < 4.78 is 38.0. The van der Waals surface area contributed by atoms with Gasteiger partial charge in [-0.15, -0.1) is 0 Å². The molecule has 0 radical (unpaired) electrons. The fourth-order valence-corrected chi connectivity index (χ4v) is 1.89. The Hall–Kier alpha value is -1.52. The number of H-pyrrole nitrogens is 1. The first-order valence-electron chi connectivity index (χ1n) is 5.86. The third-order valence-electron chi connectivity index (χ3n) is 3.37. The van der Waals surface area contributed by atoms with Gasteiger partial charge in [-0.25, -0.2) is 0 Å². The number of aromatic amines is 1. The highest BCUT2D eigenvalue weighted by Gasteiger charge is 2.31. The maximum atomic E-state index is 12.7. The molecule has 1 unspecified atom stereocenters. The molecule has 0 aliphatic carbocycles. The van der Waals surface area contributed by atoms with Crippen LogP contribution in [0.4, 0.5) is 13.2 Å². The van der Waals surface area contributed by atoms with Crippen LogP contribution in [0.15, 0.2) is 18.2 Å². The van der Waals surface area contributed by atoms with Gasteiger partial charge in [0.25, 0.3) is 0 Å². The number of rotatable bonds is 2. The summed E-state index contributed by atoms with van der Waals surface area (Å²) >= 11 is 0. The van der Waals surface area contributed by atoms with Crippen molar-refractivity contribution in [1.82, 2.24) is 10.2 Å². The summed E-state index contributed by atoms with van der Waals surface area (Å²) in [4.78, 5) is 0. The van der Waals surface area contributed by atoms with E-state index in [0.717, 1.165) is 11.8 Å². The molecule has 1 aromatic heterocycles. The molecular formula is C13H15F3N2. The van der Waals surface area contributed by atoms with Crippen molar-refractivity contribution in [2.24, 2.45) is 5.92 Å². The Labute approximate surface area is 103 Å². The van der Waals surface area contributed by atoms with E-state index in [1.54, 1.807) is 0 Å². The molecule has 0 aliphatic heterocycles. The van der Waals surface area contributed by atoms with Crippen molar-refractivity contribution in [2.75, 3.05) is 0 Å². The zero-order valence-corrected chi connectivity index (χ0v) is 10.5. The second-order valence-corrected chi connectivity index (χ2v) is 4.90. The van der Waals surface area contributed by atoms with E-state index in [-0.39, 0.29) is 5.92 Å². The number of benzene rings is 1. The van der Waals surface area contributed by atoms with E-state index in [1.165, 1.54) is 12.1 Å². The van der Waals surface area contributed by atoms with Crippen LogP contribution in [0.2, 0.25) is 0 Å². The fourth-order valence-electron chi connectivity index (χ4n) is 1.89. The summed E-state index contributed by atoms with van der Waals surface area (Å²) in [7, 11) is 0. The van der Waals surface area contributed by atoms with Crippen LogP contribution in [0, 0.1) is 5.92 Å². The predicted octanol–water partition coefficient (Wildman–Crippen LogP) is 4.34. The van der Waals surface area contributed by atoms with Crippen molar-refractivity contribution in [3.63, 3.8) is 0 Å². The second kappa shape index (κ2) is 4.30. The van der Waals surface area contributed by atoms with Crippen LogP contribution in [-0.2, 0) is 6.18 Å². The zero-order chi connectivity index (χ0) is 13.5. The topological polar surface area (TPSA) is 28.7 Å². The zero-order valence-electron chi connectivity index (χ0n) is 10.5. The second-order valence-electron chi connectivity index (χ2n) is 4.90. The van der Waals surface area contributed by atoms with E-state index >= 15 is 0 Å². The largest absolute Gasteiger partial charge is 0.416 e. The molecule has 0 saturated heterocycles. The maximum absolute atomic E-state index is 12.7. The van der Waals surface area contributed by atoms with Crippen LogP contribution < -0.4 is 0 Å². The van der Waals surface area contributed by atoms with Crippen LogP contribution in [-0.4, -0.2) is 10.2 Å². The number of alkyl halides is 3. The lowest BCUT2D eigenvalue weighted by Gasteiger charge is -2.14. The number of hydrogen-bond donors (Lipinski definition) is 1. The van der Waals surface area contributed by atoms with Crippen molar-refractivity contribution < 1.29 is 13.2 Å². The summed E-state index contributed by atoms with van der Waals surface area (Å²) in [5, 5.41) is 7.47. The van der Waals surface area contributed by atoms with Gasteiger partial charge in [-0.2, -0.15) is 18.3 Å². The van der Waals surface area contributed by atoms with Gasteiger partial charge in [0.15, 0.2) is 0 Å². The van der Waals surface area contributed by atoms with Crippen LogP contribution in [0.1, 0.15) is 37.9 Å². The van der Waals surface area contributed by atoms with E-state index in [4.69, 9.17) is 0 Å². The van der Waals surface area contributed by atoms with E-state index in [2.05, 4.69) is 10.2 Å². The molecule has 1 atom stereocenters. The highest BCUT2D eigenvalue weighted by Crippen LogP contribution is 2.34. The standard InChI is InChI=1S/C13H15F3N2/c1-7(2)8(3)12-10-6-9(13(14,15)16)4-5-11(10)17-18-12/h4-8H,1-3H3,(H,17,18). The molecule has 0 amide bonds. The Morgan fingerprint density at radius 2 is 1.83 bits per heavy atom. The quantitative estimate of drug-likeness (QED) is 0.850. The molecule has 1 heterocycles. The number of fused-ring (bicyclic) bond motifs is 1. The minimum absolute atomic E-state index is 0.137. The van der Waals surface area contributed by atoms with Gasteiger partial charge in [0.2, 0.25) is 0 Å². The number of nitrogens with zero attached hydrogens (tertiary/aromatic N) is 1. The third-order valence-corrected chi connectivity index (χ3v) is 3.37. The van der Waals surface area contributed by atoms with E-state index in [9.17, 15) is 13.2 Å². The van der Waals surface area contributed by atoms with E-state index in [0.29, 0.717) is 16.8 Å². The molecule has 1 N–H and O–H groups in total. The number of aromatic nitrogens is 2. The Bertz CT molecular complexity index is 555. The molecule has 2 aromatic rings. The first-order valence-corrected chi connectivity index (χ1v) is 5.86. The average Bonchev–Trinajstić information content (AvgIpc) is 2.69. The average molecular weight is 256 g/mol. The Kier molecular flexibility index (Phi) is 3.09. The monoisotopic (exact) mass is 256 g/mol. The van der Waals surface area contributed by atoms with Crippen LogP contribution in [0.3, 0.4) is 0 Å². The van der Waals surface area contributed by atoms with Gasteiger partial charge in [0.05, 0.1) is 11.1 Å². The SMILES string of the molecule is CC(C)C(C)c1[nH]nc2ccc(C(F)(F)F)cc12. The Morgan fingerprint density at radius 3 is 2.39 bits per heavy atom. The Morgan fingerprint density at radius 1 is 1.17 bits per heavy atom. The van der Waals surface area contributed by atoms with Crippen LogP contribution in [0.5, 0.6) is 0 Å². The summed E-state index contributed by atoms with van der Waals surface area (Å²) in [5.41, 5.74) is 0.713. The lowest BCUT2D eigenvalue weighted by Crippen LogP contribution is -2.05. The molecule has 2 rings (SSSR count). The summed E-state index contributed by atoms with van der Waals surface area (Å²) in [6.07, 6.45) is -4.32. The molecule has 1 aromatic carbocycles. The van der Waals surface area contributed by atoms with Gasteiger partial charge < -0.3 is 0 Å². The molecule has 0 saturated carbocycles. The molecule has 0 bridgehead atoms. The third kappa shape index (κ3) is 2.21. The number of nitrogens with one attached hydrogen (secondary N) is 1. The van der Waals surface area contributed by atoms with Crippen LogP contribution >= 0.6 is 0 Å². The summed E-state index contributed by atoms with van der Waals surface area (Å²) in [6.45, 7) is 6.05. The smallest absolute Gasteiger partial charge is 0.281 e. The van der Waals surface area contributed by atoms with E-state index < -0.39 is 11.7 Å². The van der Waals surface area contributed by atoms with Crippen molar-refractivity contribution in [1.29, 1.82) is 0 Å². The first kappa shape index (κ1) is 12.9. The normalized spacial score (nSPS) is 14.4. The summed E-state index contributed by atoms with van der Waals surface area (Å²) in [6, 6.07) is 3.64. The van der Waals surface area contributed by atoms with Gasteiger partial charge in [0, 0.05) is 17.0 Å². The molecule has 5 heteroatoms. The molecule has 98 valence electrons. The van der Waals surface area contributed by atoms with Crippen LogP contribution in [0.25, 0.3) is 10.9 Å². The first-order chi connectivity index (χ1) is 8.30. The summed E-state index contributed by atoms with van der Waals surface area (Å²) in [5.74, 6) is 0.474. The van der Waals surface area contributed by atoms with Gasteiger partial charge in [-0.1, -0.05) is 20.8 Å². The molecule has 18 heavy (non-hydrogen) atoms. The fraction of sp³-hybridized carbons (Fsp3) is 0.462. The van der Waals surface area contributed by atoms with E-state index in [1.807, 2.05) is 20.8 Å². The van der Waals surface area contributed by atoms with Crippen molar-refractivity contribution in [3.05, 3.63) is 29.5 Å². The number of hydrogen-bond acceptors (Lipinski definition) is 1. The van der Waals surface area contributed by atoms with Gasteiger partial charge in [-0.05, 0) is 24.1 Å². The Balaban J connectivity index is 2.57. The lowest BCUT2D eigenvalue weighted by atomic mass is 9.92.